The largest absolute Gasteiger partial charge is 0.309 e. The molecule has 0 aliphatic rings. The van der Waals surface area contributed by atoms with Crippen LogP contribution in [0.5, 0.6) is 0 Å². The van der Waals surface area contributed by atoms with Gasteiger partial charge in [0.25, 0.3) is 5.91 Å². The summed E-state index contributed by atoms with van der Waals surface area (Å²) in [6.07, 6.45) is 3.74. The van der Waals surface area contributed by atoms with Crippen LogP contribution in [-0.2, 0) is 13.5 Å². The molecule has 3 rings (SSSR count). The third-order valence-electron chi connectivity index (χ3n) is 4.53. The summed E-state index contributed by atoms with van der Waals surface area (Å²) in [5.41, 5.74) is 3.60. The van der Waals surface area contributed by atoms with Crippen LogP contribution in [0.4, 0.5) is 5.13 Å². The number of benzene rings is 1. The van der Waals surface area contributed by atoms with Crippen LogP contribution < -0.4 is 4.90 Å². The predicted octanol–water partition coefficient (Wildman–Crippen LogP) is 3.92. The van der Waals surface area contributed by atoms with Gasteiger partial charge in [-0.3, -0.25) is 14.4 Å². The highest BCUT2D eigenvalue weighted by atomic mass is 35.5. The summed E-state index contributed by atoms with van der Waals surface area (Å²) in [5.74, 6) is -0.0818. The van der Waals surface area contributed by atoms with E-state index in [1.165, 1.54) is 5.56 Å². The topological polar surface area (TPSA) is 54.3 Å². The second kappa shape index (κ2) is 9.49. The molecule has 0 bridgehead atoms. The molecule has 1 amide bonds. The van der Waals surface area contributed by atoms with Crippen molar-refractivity contribution in [2.75, 3.05) is 32.1 Å². The number of rotatable bonds is 7. The molecule has 0 aliphatic carbocycles. The molecule has 0 unspecified atom stereocenters. The van der Waals surface area contributed by atoms with Gasteiger partial charge in [0.1, 0.15) is 0 Å². The van der Waals surface area contributed by atoms with Crippen molar-refractivity contribution in [1.82, 2.24) is 19.7 Å². The lowest BCUT2D eigenvalue weighted by atomic mass is 10.2. The average molecular weight is 422 g/mol. The van der Waals surface area contributed by atoms with Crippen molar-refractivity contribution in [3.05, 3.63) is 41.2 Å². The number of halogens is 1. The quantitative estimate of drug-likeness (QED) is 0.580. The highest BCUT2D eigenvalue weighted by Gasteiger charge is 2.24. The minimum absolute atomic E-state index is 0. The van der Waals surface area contributed by atoms with Crippen LogP contribution in [0.1, 0.15) is 35.0 Å². The van der Waals surface area contributed by atoms with E-state index < -0.39 is 0 Å². The summed E-state index contributed by atoms with van der Waals surface area (Å²) < 4.78 is 2.81. The first kappa shape index (κ1) is 22.3. The van der Waals surface area contributed by atoms with Crippen molar-refractivity contribution in [2.45, 2.75) is 26.7 Å². The Kier molecular flexibility index (Phi) is 7.57. The fourth-order valence-electron chi connectivity index (χ4n) is 3.07. The molecule has 8 heteroatoms. The molecule has 0 saturated heterocycles. The Morgan fingerprint density at radius 1 is 1.25 bits per heavy atom. The maximum Gasteiger partial charge on any atom is 0.280 e. The number of nitrogens with zero attached hydrogens (tertiary/aromatic N) is 5. The number of thiazole rings is 1. The standard InChI is InChI=1S/C20H27N5OS.ClH/c1-6-15-8-9-16-17(12-15)27-20(21-16)25(11-7-10-23(3)4)19(26)18-14(2)13-24(5)22-18;/h8-9,12-13H,6-7,10-11H2,1-5H3;1H. The zero-order valence-electron chi connectivity index (χ0n) is 17.1. The number of anilines is 1. The lowest BCUT2D eigenvalue weighted by molar-refractivity contribution is 0.0980. The van der Waals surface area contributed by atoms with Crippen molar-refractivity contribution in [1.29, 1.82) is 0 Å². The molecule has 2 heterocycles. The van der Waals surface area contributed by atoms with Gasteiger partial charge in [-0.1, -0.05) is 24.3 Å². The van der Waals surface area contributed by atoms with E-state index in [2.05, 4.69) is 29.1 Å². The Morgan fingerprint density at radius 2 is 2.00 bits per heavy atom. The fraction of sp³-hybridized carbons (Fsp3) is 0.450. The third kappa shape index (κ3) is 4.90. The van der Waals surface area contributed by atoms with E-state index in [0.717, 1.165) is 40.3 Å². The Bertz CT molecular complexity index is 949. The molecule has 0 radical (unpaired) electrons. The first-order valence-corrected chi connectivity index (χ1v) is 10.1. The molecular formula is C20H28ClN5OS. The summed E-state index contributed by atoms with van der Waals surface area (Å²) in [6.45, 7) is 5.59. The molecule has 152 valence electrons. The second-order valence-corrected chi connectivity index (χ2v) is 8.11. The average Bonchev–Trinajstić information content (AvgIpc) is 3.19. The minimum Gasteiger partial charge on any atom is -0.309 e. The van der Waals surface area contributed by atoms with E-state index in [1.54, 1.807) is 20.9 Å². The van der Waals surface area contributed by atoms with Gasteiger partial charge in [0, 0.05) is 25.4 Å². The van der Waals surface area contributed by atoms with E-state index in [4.69, 9.17) is 4.98 Å². The number of carbonyl (C=O) groups is 1. The van der Waals surface area contributed by atoms with Crippen molar-refractivity contribution in [3.8, 4) is 0 Å². The highest BCUT2D eigenvalue weighted by molar-refractivity contribution is 7.22. The van der Waals surface area contributed by atoms with Crippen molar-refractivity contribution in [2.24, 2.45) is 7.05 Å². The molecule has 0 N–H and O–H groups in total. The first-order valence-electron chi connectivity index (χ1n) is 9.25. The Labute approximate surface area is 176 Å². The molecule has 0 aliphatic heterocycles. The van der Waals surface area contributed by atoms with Gasteiger partial charge in [0.2, 0.25) is 0 Å². The van der Waals surface area contributed by atoms with Gasteiger partial charge >= 0.3 is 0 Å². The maximum atomic E-state index is 13.3. The highest BCUT2D eigenvalue weighted by Crippen LogP contribution is 2.31. The van der Waals surface area contributed by atoms with E-state index in [1.807, 2.05) is 40.3 Å². The third-order valence-corrected chi connectivity index (χ3v) is 5.57. The molecule has 2 aromatic heterocycles. The number of aryl methyl sites for hydroxylation is 3. The number of fused-ring (bicyclic) bond motifs is 1. The summed E-state index contributed by atoms with van der Waals surface area (Å²) in [5, 5.41) is 5.12. The zero-order chi connectivity index (χ0) is 19.6. The Balaban J connectivity index is 0.00000280. The Hall–Kier alpha value is -1.96. The molecule has 1 aromatic carbocycles. The van der Waals surface area contributed by atoms with Crippen LogP contribution in [0.25, 0.3) is 10.2 Å². The molecule has 3 aromatic rings. The molecule has 6 nitrogen and oxygen atoms in total. The summed E-state index contributed by atoms with van der Waals surface area (Å²) >= 11 is 1.58. The zero-order valence-corrected chi connectivity index (χ0v) is 18.7. The van der Waals surface area contributed by atoms with Gasteiger partial charge < -0.3 is 4.90 Å². The van der Waals surface area contributed by atoms with Crippen LogP contribution >= 0.6 is 23.7 Å². The van der Waals surface area contributed by atoms with Gasteiger partial charge in [0.15, 0.2) is 10.8 Å². The smallest absolute Gasteiger partial charge is 0.280 e. The van der Waals surface area contributed by atoms with E-state index in [0.29, 0.717) is 12.2 Å². The number of aromatic nitrogens is 3. The Morgan fingerprint density at radius 3 is 2.61 bits per heavy atom. The molecule has 0 fully saturated rings. The molecule has 0 atom stereocenters. The van der Waals surface area contributed by atoms with Crippen LogP contribution in [0, 0.1) is 6.92 Å². The van der Waals surface area contributed by atoms with Gasteiger partial charge in [0.05, 0.1) is 10.2 Å². The second-order valence-electron chi connectivity index (χ2n) is 7.10. The number of amides is 1. The van der Waals surface area contributed by atoms with Crippen molar-refractivity contribution < 1.29 is 4.79 Å². The normalized spacial score (nSPS) is 11.1. The summed E-state index contributed by atoms with van der Waals surface area (Å²) in [7, 11) is 5.92. The fourth-order valence-corrected chi connectivity index (χ4v) is 4.12. The van der Waals surface area contributed by atoms with Crippen LogP contribution in [-0.4, -0.2) is 52.8 Å². The van der Waals surface area contributed by atoms with E-state index >= 15 is 0 Å². The number of carbonyl (C=O) groups excluding carboxylic acids is 1. The van der Waals surface area contributed by atoms with Gasteiger partial charge in [-0.2, -0.15) is 5.10 Å². The van der Waals surface area contributed by atoms with Crippen LogP contribution in [0.3, 0.4) is 0 Å². The predicted molar refractivity (Wildman–Crippen MR) is 119 cm³/mol. The van der Waals surface area contributed by atoms with E-state index in [9.17, 15) is 4.79 Å². The SMILES string of the molecule is CCc1ccc2nc(N(CCCN(C)C)C(=O)c3nn(C)cc3C)sc2c1.Cl. The van der Waals surface area contributed by atoms with Gasteiger partial charge in [-0.05, 0) is 58.1 Å². The maximum absolute atomic E-state index is 13.3. The van der Waals surface area contributed by atoms with Crippen LogP contribution in [0.2, 0.25) is 0 Å². The molecule has 28 heavy (non-hydrogen) atoms. The van der Waals surface area contributed by atoms with Crippen LogP contribution in [0.15, 0.2) is 24.4 Å². The lowest BCUT2D eigenvalue weighted by Crippen LogP contribution is -2.34. The van der Waals surface area contributed by atoms with Gasteiger partial charge in [-0.15, -0.1) is 12.4 Å². The monoisotopic (exact) mass is 421 g/mol. The van der Waals surface area contributed by atoms with E-state index in [-0.39, 0.29) is 18.3 Å². The van der Waals surface area contributed by atoms with Gasteiger partial charge in [-0.25, -0.2) is 4.98 Å². The molecule has 0 spiro atoms. The summed E-state index contributed by atoms with van der Waals surface area (Å²) in [4.78, 5) is 21.9. The summed E-state index contributed by atoms with van der Waals surface area (Å²) in [6, 6.07) is 6.32. The van der Waals surface area contributed by atoms with Crippen molar-refractivity contribution >= 4 is 45.0 Å². The lowest BCUT2D eigenvalue weighted by Gasteiger charge is -2.20. The molecule has 0 saturated carbocycles. The molecular weight excluding hydrogens is 394 g/mol. The minimum atomic E-state index is -0.0818. The number of hydrogen-bond donors (Lipinski definition) is 0. The van der Waals surface area contributed by atoms with Crippen molar-refractivity contribution in [3.63, 3.8) is 0 Å². The number of hydrogen-bond acceptors (Lipinski definition) is 5. The first-order chi connectivity index (χ1) is 12.9.